The van der Waals surface area contributed by atoms with E-state index in [1.165, 1.54) is 6.42 Å². The van der Waals surface area contributed by atoms with E-state index in [0.29, 0.717) is 22.8 Å². The topological polar surface area (TPSA) is 44.4 Å². The predicted octanol–water partition coefficient (Wildman–Crippen LogP) is 3.64. The Bertz CT molecular complexity index is 442. The molecule has 0 saturated carbocycles. The molecule has 1 aromatic rings. The zero-order chi connectivity index (χ0) is 13.8. The molecule has 0 aliphatic carbocycles. The Morgan fingerprint density at radius 1 is 1.32 bits per heavy atom. The fourth-order valence-electron chi connectivity index (χ4n) is 2.48. The lowest BCUT2D eigenvalue weighted by atomic mass is 10.00. The van der Waals surface area contributed by atoms with Gasteiger partial charge in [0.1, 0.15) is 0 Å². The highest BCUT2D eigenvalue weighted by atomic mass is 35.5. The smallest absolute Gasteiger partial charge is 0.307 e. The van der Waals surface area contributed by atoms with Crippen LogP contribution in [0.4, 0.5) is 10.5 Å². The first-order chi connectivity index (χ1) is 9.06. The van der Waals surface area contributed by atoms with E-state index in [0.717, 1.165) is 12.8 Å². The number of hydrazine groups is 1. The molecule has 1 fully saturated rings. The first-order valence-electron chi connectivity index (χ1n) is 6.68. The molecular weight excluding hydrogens is 262 g/mol. The molecule has 1 heterocycles. The number of nitrogens with zero attached hydrogens (tertiary/aromatic N) is 1. The van der Waals surface area contributed by atoms with Crippen molar-refractivity contribution in [2.45, 2.75) is 45.2 Å². The SMILES string of the molecule is C[C@H]1CCC[C@H](C)N1NC(=O)Nc1cccc(Cl)c1. The van der Waals surface area contributed by atoms with Crippen LogP contribution in [-0.4, -0.2) is 23.1 Å². The van der Waals surface area contributed by atoms with Crippen molar-refractivity contribution in [1.29, 1.82) is 0 Å². The standard InChI is InChI=1S/C14H20ClN3O/c1-10-5-3-6-11(2)18(10)17-14(19)16-13-8-4-7-12(15)9-13/h4,7-11H,3,5-6H2,1-2H3,(H2,16,17,19)/t10-,11-/m0/s1. The first-order valence-corrected chi connectivity index (χ1v) is 7.05. The molecule has 2 amide bonds. The zero-order valence-electron chi connectivity index (χ0n) is 11.3. The summed E-state index contributed by atoms with van der Waals surface area (Å²) < 4.78 is 0. The minimum Gasteiger partial charge on any atom is -0.307 e. The monoisotopic (exact) mass is 281 g/mol. The van der Waals surface area contributed by atoms with Crippen molar-refractivity contribution in [2.75, 3.05) is 5.32 Å². The maximum atomic E-state index is 12.0. The van der Waals surface area contributed by atoms with E-state index < -0.39 is 0 Å². The van der Waals surface area contributed by atoms with Crippen molar-refractivity contribution in [3.05, 3.63) is 29.3 Å². The number of urea groups is 1. The van der Waals surface area contributed by atoms with E-state index in [9.17, 15) is 4.79 Å². The highest BCUT2D eigenvalue weighted by molar-refractivity contribution is 6.30. The minimum absolute atomic E-state index is 0.220. The van der Waals surface area contributed by atoms with Gasteiger partial charge in [0.25, 0.3) is 0 Å². The van der Waals surface area contributed by atoms with Gasteiger partial charge in [0.15, 0.2) is 0 Å². The van der Waals surface area contributed by atoms with E-state index in [2.05, 4.69) is 24.6 Å². The summed E-state index contributed by atoms with van der Waals surface area (Å²) in [5, 5.41) is 5.43. The molecule has 0 radical (unpaired) electrons. The average molecular weight is 282 g/mol. The van der Waals surface area contributed by atoms with E-state index >= 15 is 0 Å². The number of nitrogens with one attached hydrogen (secondary N) is 2. The summed E-state index contributed by atoms with van der Waals surface area (Å²) in [4.78, 5) is 12.0. The van der Waals surface area contributed by atoms with Gasteiger partial charge in [-0.25, -0.2) is 9.80 Å². The molecule has 0 bridgehead atoms. The van der Waals surface area contributed by atoms with Gasteiger partial charge in [0, 0.05) is 22.8 Å². The molecular formula is C14H20ClN3O. The quantitative estimate of drug-likeness (QED) is 0.869. The van der Waals surface area contributed by atoms with E-state index in [-0.39, 0.29) is 6.03 Å². The van der Waals surface area contributed by atoms with Gasteiger partial charge in [-0.15, -0.1) is 0 Å². The number of amides is 2. The summed E-state index contributed by atoms with van der Waals surface area (Å²) in [6.45, 7) is 4.27. The minimum atomic E-state index is -0.220. The van der Waals surface area contributed by atoms with Crippen molar-refractivity contribution in [3.63, 3.8) is 0 Å². The van der Waals surface area contributed by atoms with Gasteiger partial charge in [-0.2, -0.15) is 0 Å². The number of hydrogen-bond acceptors (Lipinski definition) is 2. The van der Waals surface area contributed by atoms with Crippen molar-refractivity contribution in [1.82, 2.24) is 10.4 Å². The number of carbonyl (C=O) groups excluding carboxylic acids is 1. The molecule has 1 saturated heterocycles. The lowest BCUT2D eigenvalue weighted by molar-refractivity contribution is 0.0625. The number of rotatable bonds is 2. The molecule has 0 aromatic heterocycles. The van der Waals surface area contributed by atoms with Crippen LogP contribution in [0.15, 0.2) is 24.3 Å². The van der Waals surface area contributed by atoms with Crippen molar-refractivity contribution < 1.29 is 4.79 Å². The van der Waals surface area contributed by atoms with Gasteiger partial charge in [-0.1, -0.05) is 24.1 Å². The fraction of sp³-hybridized carbons (Fsp3) is 0.500. The van der Waals surface area contributed by atoms with E-state index in [4.69, 9.17) is 11.6 Å². The molecule has 104 valence electrons. The molecule has 1 aliphatic heterocycles. The van der Waals surface area contributed by atoms with Crippen LogP contribution in [0.2, 0.25) is 5.02 Å². The van der Waals surface area contributed by atoms with Crippen LogP contribution in [-0.2, 0) is 0 Å². The first kappa shape index (κ1) is 14.2. The molecule has 2 rings (SSSR count). The Kier molecular flexibility index (Phi) is 4.66. The Hall–Kier alpha value is -1.26. The lowest BCUT2D eigenvalue weighted by Gasteiger charge is -2.38. The summed E-state index contributed by atoms with van der Waals surface area (Å²) in [6.07, 6.45) is 3.44. The predicted molar refractivity (Wildman–Crippen MR) is 78.2 cm³/mol. The van der Waals surface area contributed by atoms with Gasteiger partial charge < -0.3 is 5.32 Å². The van der Waals surface area contributed by atoms with Crippen LogP contribution in [0.5, 0.6) is 0 Å². The van der Waals surface area contributed by atoms with Gasteiger partial charge in [-0.3, -0.25) is 5.43 Å². The van der Waals surface area contributed by atoms with Crippen LogP contribution in [0, 0.1) is 0 Å². The highest BCUT2D eigenvalue weighted by Crippen LogP contribution is 2.20. The number of halogens is 1. The number of benzene rings is 1. The van der Waals surface area contributed by atoms with Gasteiger partial charge in [-0.05, 0) is 44.9 Å². The van der Waals surface area contributed by atoms with Crippen LogP contribution >= 0.6 is 11.6 Å². The maximum absolute atomic E-state index is 12.0. The summed E-state index contributed by atoms with van der Waals surface area (Å²) >= 11 is 5.88. The van der Waals surface area contributed by atoms with E-state index in [1.54, 1.807) is 12.1 Å². The molecule has 2 atom stereocenters. The molecule has 19 heavy (non-hydrogen) atoms. The molecule has 4 nitrogen and oxygen atoms in total. The highest BCUT2D eigenvalue weighted by Gasteiger charge is 2.25. The largest absolute Gasteiger partial charge is 0.333 e. The van der Waals surface area contributed by atoms with Crippen molar-refractivity contribution in [2.24, 2.45) is 0 Å². The lowest BCUT2D eigenvalue weighted by Crippen LogP contribution is -2.55. The third-order valence-corrected chi connectivity index (χ3v) is 3.74. The number of hydrogen-bond donors (Lipinski definition) is 2. The summed E-state index contributed by atoms with van der Waals surface area (Å²) in [5.41, 5.74) is 3.62. The fourth-order valence-corrected chi connectivity index (χ4v) is 2.67. The molecule has 0 spiro atoms. The van der Waals surface area contributed by atoms with Crippen LogP contribution in [0.1, 0.15) is 33.1 Å². The third-order valence-electron chi connectivity index (χ3n) is 3.51. The average Bonchev–Trinajstić information content (AvgIpc) is 2.34. The summed E-state index contributed by atoms with van der Waals surface area (Å²) in [5.74, 6) is 0. The summed E-state index contributed by atoms with van der Waals surface area (Å²) in [6, 6.07) is 7.65. The number of anilines is 1. The molecule has 5 heteroatoms. The second kappa shape index (κ2) is 6.26. The van der Waals surface area contributed by atoms with Crippen LogP contribution in [0.25, 0.3) is 0 Å². The third kappa shape index (κ3) is 3.85. The molecule has 0 unspecified atom stereocenters. The molecule has 2 N–H and O–H groups in total. The maximum Gasteiger partial charge on any atom is 0.333 e. The number of carbonyl (C=O) groups is 1. The van der Waals surface area contributed by atoms with Gasteiger partial charge >= 0.3 is 6.03 Å². The second-order valence-electron chi connectivity index (χ2n) is 5.11. The normalized spacial score (nSPS) is 23.9. The Labute approximate surface area is 119 Å². The van der Waals surface area contributed by atoms with Crippen LogP contribution < -0.4 is 10.7 Å². The zero-order valence-corrected chi connectivity index (χ0v) is 12.1. The Balaban J connectivity index is 1.93. The van der Waals surface area contributed by atoms with Gasteiger partial charge in [0.2, 0.25) is 0 Å². The van der Waals surface area contributed by atoms with Crippen molar-refractivity contribution >= 4 is 23.3 Å². The Morgan fingerprint density at radius 2 is 2.00 bits per heavy atom. The number of piperidine rings is 1. The Morgan fingerprint density at radius 3 is 2.63 bits per heavy atom. The molecule has 1 aliphatic rings. The van der Waals surface area contributed by atoms with E-state index in [1.807, 2.05) is 17.1 Å². The summed E-state index contributed by atoms with van der Waals surface area (Å²) in [7, 11) is 0. The second-order valence-corrected chi connectivity index (χ2v) is 5.55. The van der Waals surface area contributed by atoms with Crippen molar-refractivity contribution in [3.8, 4) is 0 Å². The van der Waals surface area contributed by atoms with Gasteiger partial charge in [0.05, 0.1) is 0 Å². The molecule has 1 aromatic carbocycles. The van der Waals surface area contributed by atoms with Crippen LogP contribution in [0.3, 0.4) is 0 Å².